The van der Waals surface area contributed by atoms with Crippen LogP contribution in [0.2, 0.25) is 5.02 Å². The summed E-state index contributed by atoms with van der Waals surface area (Å²) in [7, 11) is 1.37. The minimum absolute atomic E-state index is 0.00892. The Labute approximate surface area is 159 Å². The fourth-order valence-corrected chi connectivity index (χ4v) is 4.56. The molecule has 0 saturated heterocycles. The molecular weight excluding hydrogens is 383 g/mol. The fourth-order valence-electron chi connectivity index (χ4n) is 2.81. The van der Waals surface area contributed by atoms with Gasteiger partial charge in [-0.3, -0.25) is 0 Å². The number of thiocarbonyl (C=S) groups is 1. The summed E-state index contributed by atoms with van der Waals surface area (Å²) in [6.45, 7) is 0. The third-order valence-electron chi connectivity index (χ3n) is 3.97. The predicted molar refractivity (Wildman–Crippen MR) is 104 cm³/mol. The highest BCUT2D eigenvalue weighted by Crippen LogP contribution is 2.38. The molecular formula is C17H16ClFN2O2S2. The van der Waals surface area contributed by atoms with Gasteiger partial charge in [-0.05, 0) is 61.7 Å². The number of anilines is 2. The second-order valence-electron chi connectivity index (χ2n) is 5.61. The Morgan fingerprint density at radius 2 is 2.08 bits per heavy atom. The van der Waals surface area contributed by atoms with Crippen LogP contribution in [0.25, 0.3) is 0 Å². The minimum atomic E-state index is -0.495. The van der Waals surface area contributed by atoms with Gasteiger partial charge in [0.1, 0.15) is 10.8 Å². The lowest BCUT2D eigenvalue weighted by Crippen LogP contribution is -2.20. The highest BCUT2D eigenvalue weighted by molar-refractivity contribution is 7.80. The number of rotatable bonds is 3. The van der Waals surface area contributed by atoms with Crippen molar-refractivity contribution in [3.8, 4) is 0 Å². The van der Waals surface area contributed by atoms with Crippen LogP contribution < -0.4 is 10.6 Å². The van der Waals surface area contributed by atoms with Crippen LogP contribution in [0.1, 0.15) is 33.6 Å². The molecule has 1 heterocycles. The minimum Gasteiger partial charge on any atom is -0.465 e. The van der Waals surface area contributed by atoms with E-state index in [1.165, 1.54) is 41.5 Å². The summed E-state index contributed by atoms with van der Waals surface area (Å²) >= 11 is 12.6. The van der Waals surface area contributed by atoms with Crippen molar-refractivity contribution < 1.29 is 13.9 Å². The number of thiophene rings is 1. The number of carbonyl (C=O) groups is 1. The van der Waals surface area contributed by atoms with Crippen LogP contribution in [-0.2, 0) is 17.6 Å². The van der Waals surface area contributed by atoms with Crippen molar-refractivity contribution in [2.24, 2.45) is 0 Å². The van der Waals surface area contributed by atoms with E-state index < -0.39 is 5.82 Å². The van der Waals surface area contributed by atoms with Crippen LogP contribution >= 0.6 is 35.2 Å². The second-order valence-corrected chi connectivity index (χ2v) is 7.54. The van der Waals surface area contributed by atoms with E-state index in [1.807, 2.05) is 0 Å². The second kappa shape index (κ2) is 7.68. The Bertz CT molecular complexity index is 838. The van der Waals surface area contributed by atoms with Gasteiger partial charge in [0.25, 0.3) is 0 Å². The van der Waals surface area contributed by atoms with E-state index in [1.54, 1.807) is 0 Å². The molecule has 1 aromatic carbocycles. The molecule has 132 valence electrons. The molecule has 8 heteroatoms. The Balaban J connectivity index is 1.82. The maximum atomic E-state index is 13.2. The standard InChI is InChI=1S/C17H16ClFN2O2S2/c1-23-16(22)14-10-4-2-3-5-13(10)25-15(14)21-17(24)20-9-6-7-12(19)11(18)8-9/h6-8H,2-5H2,1H3,(H2,20,21,24). The number of aryl methyl sites for hydroxylation is 1. The molecule has 0 radical (unpaired) electrons. The number of esters is 1. The van der Waals surface area contributed by atoms with E-state index in [4.69, 9.17) is 28.6 Å². The van der Waals surface area contributed by atoms with Gasteiger partial charge in [-0.25, -0.2) is 9.18 Å². The summed E-state index contributed by atoms with van der Waals surface area (Å²) in [6.07, 6.45) is 4.00. The van der Waals surface area contributed by atoms with Gasteiger partial charge < -0.3 is 15.4 Å². The summed E-state index contributed by atoms with van der Waals surface area (Å²) in [5.74, 6) is -0.862. The van der Waals surface area contributed by atoms with Crippen molar-refractivity contribution in [3.05, 3.63) is 45.0 Å². The molecule has 0 saturated carbocycles. The van der Waals surface area contributed by atoms with Crippen molar-refractivity contribution in [2.75, 3.05) is 17.7 Å². The highest BCUT2D eigenvalue weighted by atomic mass is 35.5. The van der Waals surface area contributed by atoms with E-state index in [0.29, 0.717) is 21.4 Å². The van der Waals surface area contributed by atoms with Crippen LogP contribution in [0.4, 0.5) is 15.1 Å². The molecule has 2 N–H and O–H groups in total. The molecule has 0 amide bonds. The number of hydrogen-bond donors (Lipinski definition) is 2. The maximum Gasteiger partial charge on any atom is 0.341 e. The van der Waals surface area contributed by atoms with Crippen LogP contribution in [0, 0.1) is 5.82 Å². The number of hydrogen-bond acceptors (Lipinski definition) is 4. The lowest BCUT2D eigenvalue weighted by Gasteiger charge is -2.12. The molecule has 0 bridgehead atoms. The Morgan fingerprint density at radius 3 is 2.80 bits per heavy atom. The van der Waals surface area contributed by atoms with Crippen molar-refractivity contribution in [3.63, 3.8) is 0 Å². The zero-order valence-corrected chi connectivity index (χ0v) is 15.8. The number of halogens is 2. The largest absolute Gasteiger partial charge is 0.465 e. The van der Waals surface area contributed by atoms with Gasteiger partial charge >= 0.3 is 5.97 Å². The average molecular weight is 399 g/mol. The van der Waals surface area contributed by atoms with E-state index in [-0.39, 0.29) is 11.0 Å². The number of ether oxygens (including phenoxy) is 1. The zero-order chi connectivity index (χ0) is 18.0. The number of benzene rings is 1. The van der Waals surface area contributed by atoms with E-state index in [2.05, 4.69) is 10.6 Å². The first-order valence-electron chi connectivity index (χ1n) is 7.75. The molecule has 0 spiro atoms. The third-order valence-corrected chi connectivity index (χ3v) is 5.67. The SMILES string of the molecule is COC(=O)c1c(NC(=S)Nc2ccc(F)c(Cl)c2)sc2c1CCCC2. The van der Waals surface area contributed by atoms with Gasteiger partial charge in [-0.15, -0.1) is 11.3 Å². The summed E-state index contributed by atoms with van der Waals surface area (Å²) in [4.78, 5) is 13.4. The smallest absolute Gasteiger partial charge is 0.341 e. The van der Waals surface area contributed by atoms with E-state index in [9.17, 15) is 9.18 Å². The van der Waals surface area contributed by atoms with Crippen LogP contribution in [0.15, 0.2) is 18.2 Å². The lowest BCUT2D eigenvalue weighted by atomic mass is 9.95. The normalized spacial score (nSPS) is 13.1. The number of fused-ring (bicyclic) bond motifs is 1. The van der Waals surface area contributed by atoms with Crippen molar-refractivity contribution in [2.45, 2.75) is 25.7 Å². The quantitative estimate of drug-likeness (QED) is 0.562. The molecule has 0 unspecified atom stereocenters. The van der Waals surface area contributed by atoms with Crippen LogP contribution in [-0.4, -0.2) is 18.2 Å². The summed E-state index contributed by atoms with van der Waals surface area (Å²) in [6, 6.07) is 4.25. The first kappa shape index (κ1) is 18.1. The fraction of sp³-hybridized carbons (Fsp3) is 0.294. The molecule has 1 aromatic heterocycles. The topological polar surface area (TPSA) is 50.4 Å². The molecule has 0 atom stereocenters. The molecule has 0 fully saturated rings. The van der Waals surface area contributed by atoms with E-state index in [0.717, 1.165) is 31.2 Å². The number of methoxy groups -OCH3 is 1. The molecule has 25 heavy (non-hydrogen) atoms. The van der Waals surface area contributed by atoms with Crippen molar-refractivity contribution in [1.29, 1.82) is 0 Å². The first-order valence-corrected chi connectivity index (χ1v) is 9.35. The molecule has 1 aliphatic carbocycles. The molecule has 0 aliphatic heterocycles. The lowest BCUT2D eigenvalue weighted by molar-refractivity contribution is 0.0601. The third kappa shape index (κ3) is 3.94. The van der Waals surface area contributed by atoms with Gasteiger partial charge in [0.15, 0.2) is 5.11 Å². The van der Waals surface area contributed by atoms with Gasteiger partial charge in [0.05, 0.1) is 17.7 Å². The summed E-state index contributed by atoms with van der Waals surface area (Å²) < 4.78 is 18.2. The number of carbonyl (C=O) groups excluding carboxylic acids is 1. The molecule has 2 aromatic rings. The Morgan fingerprint density at radius 1 is 1.32 bits per heavy atom. The van der Waals surface area contributed by atoms with Gasteiger partial charge in [0.2, 0.25) is 0 Å². The van der Waals surface area contributed by atoms with Crippen molar-refractivity contribution >= 4 is 56.9 Å². The molecule has 4 nitrogen and oxygen atoms in total. The van der Waals surface area contributed by atoms with Crippen LogP contribution in [0.5, 0.6) is 0 Å². The zero-order valence-electron chi connectivity index (χ0n) is 13.4. The Kier molecular flexibility index (Phi) is 5.56. The van der Waals surface area contributed by atoms with Gasteiger partial charge in [-0.1, -0.05) is 11.6 Å². The summed E-state index contributed by atoms with van der Waals surface area (Å²) in [5.41, 5.74) is 2.17. The maximum absolute atomic E-state index is 13.2. The van der Waals surface area contributed by atoms with Crippen LogP contribution in [0.3, 0.4) is 0 Å². The van der Waals surface area contributed by atoms with Gasteiger partial charge in [-0.2, -0.15) is 0 Å². The Hall–Kier alpha value is -1.70. The number of nitrogens with one attached hydrogen (secondary N) is 2. The van der Waals surface area contributed by atoms with E-state index >= 15 is 0 Å². The molecule has 3 rings (SSSR count). The van der Waals surface area contributed by atoms with Gasteiger partial charge in [0, 0.05) is 10.6 Å². The molecule has 1 aliphatic rings. The first-order chi connectivity index (χ1) is 12.0. The monoisotopic (exact) mass is 398 g/mol. The highest BCUT2D eigenvalue weighted by Gasteiger charge is 2.26. The predicted octanol–water partition coefficient (Wildman–Crippen LogP) is 5.01. The average Bonchev–Trinajstić information content (AvgIpc) is 2.95. The van der Waals surface area contributed by atoms with Crippen molar-refractivity contribution in [1.82, 2.24) is 0 Å². The summed E-state index contributed by atoms with van der Waals surface area (Å²) in [5, 5.41) is 6.99.